The van der Waals surface area contributed by atoms with Crippen LogP contribution in [0.5, 0.6) is 17.2 Å². The molecular weight excluding hydrogens is 464 g/mol. The summed E-state index contributed by atoms with van der Waals surface area (Å²) < 4.78 is 16.9. The van der Waals surface area contributed by atoms with Crippen molar-refractivity contribution in [2.24, 2.45) is 0 Å². The van der Waals surface area contributed by atoms with E-state index in [4.69, 9.17) is 14.2 Å². The quantitative estimate of drug-likeness (QED) is 0.210. The topological polar surface area (TPSA) is 106 Å². The molecule has 0 aliphatic rings. The highest BCUT2D eigenvalue weighted by atomic mass is 32.1. The number of ether oxygens (including phenoxy) is 3. The number of hydrogen-bond donors (Lipinski definition) is 1. The van der Waals surface area contributed by atoms with Gasteiger partial charge in [-0.2, -0.15) is 5.26 Å². The van der Waals surface area contributed by atoms with Gasteiger partial charge in [0.2, 0.25) is 5.13 Å². The van der Waals surface area contributed by atoms with Gasteiger partial charge in [-0.05, 0) is 49.2 Å². The average molecular weight is 493 g/mol. The molecule has 0 fully saturated rings. The summed E-state index contributed by atoms with van der Waals surface area (Å²) in [5.74, 6) is 1.25. The van der Waals surface area contributed by atoms with Gasteiger partial charge >= 0.3 is 0 Å². The molecule has 0 bridgehead atoms. The predicted octanol–water partition coefficient (Wildman–Crippen LogP) is 5.20. The highest BCUT2D eigenvalue weighted by molar-refractivity contribution is 7.15. The fourth-order valence-electron chi connectivity index (χ4n) is 3.05. The number of carbonyl (C=O) groups excluding carboxylic acids is 1. The maximum absolute atomic E-state index is 12.6. The molecule has 0 saturated carbocycles. The van der Waals surface area contributed by atoms with Gasteiger partial charge in [-0.1, -0.05) is 48.4 Å². The first-order valence-electron chi connectivity index (χ1n) is 11.3. The second-order valence-electron chi connectivity index (χ2n) is 7.65. The Bertz CT molecular complexity index is 1200. The number of methoxy groups -OCH3 is 1. The smallest absolute Gasteiger partial charge is 0.268 e. The maximum Gasteiger partial charge on any atom is 0.268 e. The van der Waals surface area contributed by atoms with Crippen LogP contribution < -0.4 is 19.5 Å². The molecular formula is C26H28N4O4S. The van der Waals surface area contributed by atoms with E-state index in [1.54, 1.807) is 18.2 Å². The van der Waals surface area contributed by atoms with E-state index in [0.29, 0.717) is 35.4 Å². The molecule has 3 rings (SSSR count). The zero-order valence-corrected chi connectivity index (χ0v) is 20.9. The third kappa shape index (κ3) is 7.83. The largest absolute Gasteiger partial charge is 0.493 e. The van der Waals surface area contributed by atoms with Gasteiger partial charge in [-0.15, -0.1) is 10.2 Å². The molecule has 0 spiro atoms. The number of rotatable bonds is 12. The lowest BCUT2D eigenvalue weighted by molar-refractivity contribution is -0.112. The molecule has 0 aliphatic carbocycles. The first-order valence-corrected chi connectivity index (χ1v) is 12.1. The number of hydrogen-bond acceptors (Lipinski definition) is 8. The molecule has 182 valence electrons. The number of unbranched alkanes of at least 4 members (excludes halogenated alkanes) is 1. The van der Waals surface area contributed by atoms with Crippen LogP contribution in [0, 0.1) is 18.3 Å². The van der Waals surface area contributed by atoms with E-state index >= 15 is 0 Å². The fraction of sp³-hybridized carbons (Fsp3) is 0.308. The second kappa shape index (κ2) is 13.1. The highest BCUT2D eigenvalue weighted by Crippen LogP contribution is 2.29. The van der Waals surface area contributed by atoms with Gasteiger partial charge in [0, 0.05) is 6.42 Å². The lowest BCUT2D eigenvalue weighted by Crippen LogP contribution is -2.13. The van der Waals surface area contributed by atoms with Gasteiger partial charge in [-0.3, -0.25) is 10.1 Å². The molecule has 0 aliphatic heterocycles. The molecule has 0 unspecified atom stereocenters. The normalized spacial score (nSPS) is 11.0. The average Bonchev–Trinajstić information content (AvgIpc) is 3.32. The van der Waals surface area contributed by atoms with Crippen LogP contribution in [-0.4, -0.2) is 36.4 Å². The summed E-state index contributed by atoms with van der Waals surface area (Å²) in [6.07, 6.45) is 4.36. The van der Waals surface area contributed by atoms with E-state index in [-0.39, 0.29) is 5.57 Å². The van der Waals surface area contributed by atoms with E-state index in [0.717, 1.165) is 30.0 Å². The van der Waals surface area contributed by atoms with Crippen LogP contribution in [0.4, 0.5) is 5.13 Å². The number of aryl methyl sites for hydroxylation is 2. The molecule has 0 atom stereocenters. The number of aromatic nitrogens is 2. The molecule has 0 saturated heterocycles. The Balaban J connectivity index is 1.60. The third-order valence-corrected chi connectivity index (χ3v) is 5.82. The summed E-state index contributed by atoms with van der Waals surface area (Å²) in [4.78, 5) is 12.6. The monoisotopic (exact) mass is 492 g/mol. The number of anilines is 1. The number of benzene rings is 2. The van der Waals surface area contributed by atoms with Gasteiger partial charge in [0.1, 0.15) is 35.6 Å². The summed E-state index contributed by atoms with van der Waals surface area (Å²) in [5, 5.41) is 21.4. The summed E-state index contributed by atoms with van der Waals surface area (Å²) in [6.45, 7) is 4.82. The molecule has 1 heterocycles. The standard InChI is InChI=1S/C26H28N4O4S/c1-4-5-6-24-29-30-26(35-24)28-25(31)20(17-27)15-19-9-12-22(23(16-19)32-3)34-14-13-33-21-10-7-18(2)8-11-21/h7-12,15-16H,4-6,13-14H2,1-3H3,(H,28,30,31)/b20-15-. The van der Waals surface area contributed by atoms with E-state index < -0.39 is 5.91 Å². The Labute approximate surface area is 209 Å². The molecule has 1 amide bonds. The number of nitrogens with zero attached hydrogens (tertiary/aromatic N) is 3. The minimum Gasteiger partial charge on any atom is -0.493 e. The lowest BCUT2D eigenvalue weighted by Gasteiger charge is -2.12. The van der Waals surface area contributed by atoms with Crippen molar-refractivity contribution >= 4 is 28.5 Å². The summed E-state index contributed by atoms with van der Waals surface area (Å²) in [5.41, 5.74) is 1.73. The van der Waals surface area contributed by atoms with Crippen molar-refractivity contribution in [1.29, 1.82) is 5.26 Å². The number of nitriles is 1. The van der Waals surface area contributed by atoms with Crippen LogP contribution in [0.3, 0.4) is 0 Å². The summed E-state index contributed by atoms with van der Waals surface area (Å²) in [6, 6.07) is 14.9. The number of carbonyl (C=O) groups is 1. The number of amides is 1. The van der Waals surface area contributed by atoms with Crippen molar-refractivity contribution in [3.8, 4) is 23.3 Å². The van der Waals surface area contributed by atoms with Crippen molar-refractivity contribution in [3.05, 3.63) is 64.2 Å². The first-order chi connectivity index (χ1) is 17.0. The Morgan fingerprint density at radius 2 is 1.89 bits per heavy atom. The molecule has 1 N–H and O–H groups in total. The van der Waals surface area contributed by atoms with Gasteiger partial charge in [-0.25, -0.2) is 0 Å². The van der Waals surface area contributed by atoms with E-state index in [1.807, 2.05) is 37.3 Å². The van der Waals surface area contributed by atoms with Crippen molar-refractivity contribution in [2.45, 2.75) is 33.1 Å². The van der Waals surface area contributed by atoms with E-state index in [2.05, 4.69) is 22.4 Å². The fourth-order valence-corrected chi connectivity index (χ4v) is 3.83. The molecule has 3 aromatic rings. The van der Waals surface area contributed by atoms with Crippen molar-refractivity contribution < 1.29 is 19.0 Å². The summed E-state index contributed by atoms with van der Waals surface area (Å²) >= 11 is 1.31. The zero-order chi connectivity index (χ0) is 25.0. The number of nitrogens with one attached hydrogen (secondary N) is 1. The Morgan fingerprint density at radius 3 is 2.60 bits per heavy atom. The molecule has 35 heavy (non-hydrogen) atoms. The minimum absolute atomic E-state index is 0.0578. The molecule has 1 aromatic heterocycles. The Hall–Kier alpha value is -3.90. The third-order valence-electron chi connectivity index (χ3n) is 4.93. The molecule has 8 nitrogen and oxygen atoms in total. The minimum atomic E-state index is -0.543. The van der Waals surface area contributed by atoms with Crippen LogP contribution in [0.2, 0.25) is 0 Å². The Kier molecular flexibility index (Phi) is 9.63. The van der Waals surface area contributed by atoms with Crippen molar-refractivity contribution in [3.63, 3.8) is 0 Å². The first kappa shape index (κ1) is 25.7. The molecule has 2 aromatic carbocycles. The maximum atomic E-state index is 12.6. The zero-order valence-electron chi connectivity index (χ0n) is 20.0. The van der Waals surface area contributed by atoms with Crippen LogP contribution in [0.15, 0.2) is 48.0 Å². The van der Waals surface area contributed by atoms with Crippen molar-refractivity contribution in [2.75, 3.05) is 25.6 Å². The SMILES string of the molecule is CCCCc1nnc(NC(=O)/C(C#N)=C\c2ccc(OCCOc3ccc(C)cc3)c(OC)c2)s1. The van der Waals surface area contributed by atoms with E-state index in [9.17, 15) is 10.1 Å². The Morgan fingerprint density at radius 1 is 1.11 bits per heavy atom. The van der Waals surface area contributed by atoms with Crippen LogP contribution >= 0.6 is 11.3 Å². The van der Waals surface area contributed by atoms with Gasteiger partial charge in [0.05, 0.1) is 7.11 Å². The van der Waals surface area contributed by atoms with Gasteiger partial charge in [0.15, 0.2) is 11.5 Å². The second-order valence-corrected chi connectivity index (χ2v) is 8.71. The van der Waals surface area contributed by atoms with Crippen LogP contribution in [-0.2, 0) is 11.2 Å². The van der Waals surface area contributed by atoms with Crippen LogP contribution in [0.1, 0.15) is 35.9 Å². The van der Waals surface area contributed by atoms with Gasteiger partial charge < -0.3 is 14.2 Å². The van der Waals surface area contributed by atoms with E-state index in [1.165, 1.54) is 30.1 Å². The molecule has 9 heteroatoms. The molecule has 0 radical (unpaired) electrons. The highest BCUT2D eigenvalue weighted by Gasteiger charge is 2.14. The lowest BCUT2D eigenvalue weighted by atomic mass is 10.1. The van der Waals surface area contributed by atoms with Crippen molar-refractivity contribution in [1.82, 2.24) is 10.2 Å². The summed E-state index contributed by atoms with van der Waals surface area (Å²) in [7, 11) is 1.53. The van der Waals surface area contributed by atoms with Gasteiger partial charge in [0.25, 0.3) is 5.91 Å². The predicted molar refractivity (Wildman–Crippen MR) is 136 cm³/mol. The van der Waals surface area contributed by atoms with Crippen LogP contribution in [0.25, 0.3) is 6.08 Å².